The van der Waals surface area contributed by atoms with Crippen LogP contribution in [0.1, 0.15) is 18.4 Å². The van der Waals surface area contributed by atoms with Crippen molar-refractivity contribution in [1.29, 1.82) is 0 Å². The van der Waals surface area contributed by atoms with E-state index in [1.165, 1.54) is 19.2 Å². The highest BCUT2D eigenvalue weighted by atomic mass is 16.5. The summed E-state index contributed by atoms with van der Waals surface area (Å²) in [7, 11) is 0. The van der Waals surface area contributed by atoms with Gasteiger partial charge in [0.25, 0.3) is 0 Å². The first kappa shape index (κ1) is 11.9. The van der Waals surface area contributed by atoms with Crippen LogP contribution in [-0.2, 0) is 0 Å². The lowest BCUT2D eigenvalue weighted by Gasteiger charge is -2.14. The molecule has 0 amide bonds. The van der Waals surface area contributed by atoms with Crippen molar-refractivity contribution in [3.63, 3.8) is 0 Å². The van der Waals surface area contributed by atoms with Gasteiger partial charge in [0.1, 0.15) is 12.1 Å². The summed E-state index contributed by atoms with van der Waals surface area (Å²) in [6.07, 6.45) is 9.53. The summed E-state index contributed by atoms with van der Waals surface area (Å²) in [4.78, 5) is 8.15. The average Bonchev–Trinajstić information content (AvgIpc) is 3.30. The molecule has 96 valence electrons. The molecule has 1 aliphatic rings. The second-order valence-corrected chi connectivity index (χ2v) is 4.81. The van der Waals surface area contributed by atoms with Crippen LogP contribution in [0.4, 0.5) is 0 Å². The third kappa shape index (κ3) is 2.65. The number of rotatable bonds is 5. The highest BCUT2D eigenvalue weighted by Gasteiger charge is 2.23. The van der Waals surface area contributed by atoms with Crippen LogP contribution in [0.5, 0.6) is 5.75 Å². The molecule has 0 N–H and O–H groups in total. The van der Waals surface area contributed by atoms with E-state index in [-0.39, 0.29) is 0 Å². The Morgan fingerprint density at radius 3 is 2.74 bits per heavy atom. The molecule has 0 aliphatic heterocycles. The number of hydrogen-bond acceptors (Lipinski definition) is 3. The van der Waals surface area contributed by atoms with Crippen molar-refractivity contribution in [2.75, 3.05) is 6.61 Å². The maximum Gasteiger partial charge on any atom is 0.134 e. The fourth-order valence-electron chi connectivity index (χ4n) is 2.03. The Morgan fingerprint density at radius 1 is 1.26 bits per heavy atom. The summed E-state index contributed by atoms with van der Waals surface area (Å²) in [5.74, 6) is 1.61. The third-order valence-electron chi connectivity index (χ3n) is 3.30. The molecule has 0 spiro atoms. The molecular weight excluding hydrogens is 236 g/mol. The molecule has 0 bridgehead atoms. The van der Waals surface area contributed by atoms with Gasteiger partial charge in [-0.25, -0.2) is 9.97 Å². The monoisotopic (exact) mass is 252 g/mol. The lowest BCUT2D eigenvalue weighted by molar-refractivity contribution is 0.300. The van der Waals surface area contributed by atoms with Gasteiger partial charge in [-0.1, -0.05) is 30.9 Å². The number of aromatic nitrogens is 2. The van der Waals surface area contributed by atoms with Crippen LogP contribution < -0.4 is 4.74 Å². The number of hydrogen-bond donors (Lipinski definition) is 0. The van der Waals surface area contributed by atoms with Crippen molar-refractivity contribution in [1.82, 2.24) is 9.97 Å². The lowest BCUT2D eigenvalue weighted by atomic mass is 10.0. The smallest absolute Gasteiger partial charge is 0.134 e. The van der Waals surface area contributed by atoms with E-state index in [9.17, 15) is 0 Å². The highest BCUT2D eigenvalue weighted by molar-refractivity contribution is 5.75. The van der Waals surface area contributed by atoms with Gasteiger partial charge in [-0.2, -0.15) is 0 Å². The minimum absolute atomic E-state index is 0.720. The topological polar surface area (TPSA) is 35.0 Å². The Kier molecular flexibility index (Phi) is 3.27. The molecule has 0 radical (unpaired) electrons. The van der Waals surface area contributed by atoms with Crippen LogP contribution in [0.3, 0.4) is 0 Å². The second kappa shape index (κ2) is 5.22. The van der Waals surface area contributed by atoms with Gasteiger partial charge in [-0.3, -0.25) is 0 Å². The Hall–Kier alpha value is -2.16. The number of para-hydroxylation sites is 1. The lowest BCUT2D eigenvalue weighted by Crippen LogP contribution is -2.02. The van der Waals surface area contributed by atoms with Crippen molar-refractivity contribution in [2.45, 2.75) is 12.8 Å². The van der Waals surface area contributed by atoms with Crippen molar-refractivity contribution < 1.29 is 4.74 Å². The van der Waals surface area contributed by atoms with Gasteiger partial charge in [0.2, 0.25) is 0 Å². The summed E-state index contributed by atoms with van der Waals surface area (Å²) in [5, 5.41) is 0. The van der Waals surface area contributed by atoms with Gasteiger partial charge in [0.05, 0.1) is 6.61 Å². The largest absolute Gasteiger partial charge is 0.492 e. The molecule has 1 aromatic carbocycles. The Labute approximate surface area is 113 Å². The first-order chi connectivity index (χ1) is 9.38. The Balaban J connectivity index is 1.99. The molecule has 19 heavy (non-hydrogen) atoms. The predicted octanol–water partition coefficient (Wildman–Crippen LogP) is 3.58. The van der Waals surface area contributed by atoms with Crippen molar-refractivity contribution in [3.8, 4) is 16.9 Å². The van der Waals surface area contributed by atoms with Gasteiger partial charge < -0.3 is 4.74 Å². The number of nitrogens with zero attached hydrogens (tertiary/aromatic N) is 2. The molecule has 1 saturated carbocycles. The molecule has 2 aromatic rings. The molecule has 3 nitrogen and oxygen atoms in total. The second-order valence-electron chi connectivity index (χ2n) is 4.81. The summed E-state index contributed by atoms with van der Waals surface area (Å²) < 4.78 is 6.01. The third-order valence-corrected chi connectivity index (χ3v) is 3.30. The van der Waals surface area contributed by atoms with Crippen LogP contribution in [-0.4, -0.2) is 16.6 Å². The Bertz CT molecular complexity index is 577. The van der Waals surface area contributed by atoms with E-state index in [0.29, 0.717) is 0 Å². The van der Waals surface area contributed by atoms with Gasteiger partial charge in [-0.15, -0.1) is 0 Å². The fourth-order valence-corrected chi connectivity index (χ4v) is 2.03. The minimum Gasteiger partial charge on any atom is -0.492 e. The van der Waals surface area contributed by atoms with Gasteiger partial charge in [0.15, 0.2) is 0 Å². The zero-order valence-corrected chi connectivity index (χ0v) is 10.7. The number of benzene rings is 1. The van der Waals surface area contributed by atoms with Crippen LogP contribution in [0.2, 0.25) is 0 Å². The van der Waals surface area contributed by atoms with E-state index in [1.54, 1.807) is 12.4 Å². The Morgan fingerprint density at radius 2 is 2.05 bits per heavy atom. The average molecular weight is 252 g/mol. The van der Waals surface area contributed by atoms with E-state index < -0.39 is 0 Å². The molecule has 1 aliphatic carbocycles. The number of ether oxygens (including phenoxy) is 1. The van der Waals surface area contributed by atoms with E-state index in [1.807, 2.05) is 24.3 Å². The minimum atomic E-state index is 0.720. The molecule has 3 heteroatoms. The van der Waals surface area contributed by atoms with Gasteiger partial charge >= 0.3 is 0 Å². The molecule has 1 heterocycles. The molecule has 0 atom stereocenters. The molecule has 1 aromatic heterocycles. The molecule has 1 fully saturated rings. The predicted molar refractivity (Wildman–Crippen MR) is 75.8 cm³/mol. The molecule has 0 saturated heterocycles. The summed E-state index contributed by atoms with van der Waals surface area (Å²) in [6, 6.07) is 6.06. The highest BCUT2D eigenvalue weighted by Crippen LogP contribution is 2.36. The van der Waals surface area contributed by atoms with E-state index >= 15 is 0 Å². The van der Waals surface area contributed by atoms with E-state index in [0.717, 1.165) is 35.0 Å². The van der Waals surface area contributed by atoms with Gasteiger partial charge in [0, 0.05) is 29.1 Å². The van der Waals surface area contributed by atoms with Crippen molar-refractivity contribution in [3.05, 3.63) is 49.1 Å². The van der Waals surface area contributed by atoms with Crippen LogP contribution >= 0.6 is 0 Å². The summed E-state index contributed by atoms with van der Waals surface area (Å²) >= 11 is 0. The van der Waals surface area contributed by atoms with Crippen LogP contribution in [0.15, 0.2) is 43.5 Å². The summed E-state index contributed by atoms with van der Waals surface area (Å²) in [5.41, 5.74) is 3.01. The molecular formula is C16H16N2O. The maximum absolute atomic E-state index is 6.01. The van der Waals surface area contributed by atoms with E-state index in [2.05, 4.69) is 16.5 Å². The maximum atomic E-state index is 6.01. The quantitative estimate of drug-likeness (QED) is 0.816. The SMILES string of the molecule is C=Cc1cccc(-c2cncnc2)c1OCC1CC1. The fraction of sp³-hybridized carbons (Fsp3) is 0.250. The van der Waals surface area contributed by atoms with E-state index in [4.69, 9.17) is 4.74 Å². The van der Waals surface area contributed by atoms with Gasteiger partial charge in [-0.05, 0) is 18.8 Å². The van der Waals surface area contributed by atoms with Crippen molar-refractivity contribution in [2.24, 2.45) is 5.92 Å². The van der Waals surface area contributed by atoms with Crippen LogP contribution in [0.25, 0.3) is 17.2 Å². The first-order valence-electron chi connectivity index (χ1n) is 6.52. The molecule has 3 rings (SSSR count). The standard InChI is InChI=1S/C16H16N2O/c1-2-13-4-3-5-15(14-8-17-11-18-9-14)16(13)19-10-12-6-7-12/h2-5,8-9,11-12H,1,6-7,10H2. The first-order valence-corrected chi connectivity index (χ1v) is 6.52. The zero-order valence-electron chi connectivity index (χ0n) is 10.7. The van der Waals surface area contributed by atoms with Crippen LogP contribution in [0, 0.1) is 5.92 Å². The van der Waals surface area contributed by atoms with Crippen molar-refractivity contribution >= 4 is 6.08 Å². The normalized spacial score (nSPS) is 14.1. The zero-order chi connectivity index (χ0) is 13.1. The molecule has 0 unspecified atom stereocenters. The summed E-state index contributed by atoms with van der Waals surface area (Å²) in [6.45, 7) is 4.64.